The van der Waals surface area contributed by atoms with Crippen LogP contribution in [0.4, 0.5) is 0 Å². The zero-order valence-corrected chi connectivity index (χ0v) is 6.16. The summed E-state index contributed by atoms with van der Waals surface area (Å²) < 4.78 is 0. The summed E-state index contributed by atoms with van der Waals surface area (Å²) in [5.41, 5.74) is 0.546. The van der Waals surface area contributed by atoms with Crippen LogP contribution in [0.5, 0.6) is 0 Å². The van der Waals surface area contributed by atoms with E-state index in [4.69, 9.17) is 0 Å². The molecule has 0 aliphatic rings. The Labute approximate surface area is 68.3 Å². The molecule has 12 heavy (non-hydrogen) atoms. The van der Waals surface area contributed by atoms with E-state index in [2.05, 4.69) is 21.2 Å². The summed E-state index contributed by atoms with van der Waals surface area (Å²) in [6.45, 7) is 0. The predicted molar refractivity (Wildman–Crippen MR) is 43.5 cm³/mol. The number of hydrogen-bond acceptors (Lipinski definition) is 2. The van der Waals surface area contributed by atoms with Gasteiger partial charge in [-0.1, -0.05) is 18.2 Å². The molecule has 0 unspecified atom stereocenters. The van der Waals surface area contributed by atoms with Gasteiger partial charge >= 0.3 is 5.69 Å². The number of aromatic amines is 2. The molecule has 1 radical (unpaired) electrons. The fraction of sp³-hybridized carbons (Fsp3) is 0. The van der Waals surface area contributed by atoms with Crippen molar-refractivity contribution < 1.29 is 0 Å². The summed E-state index contributed by atoms with van der Waals surface area (Å²) in [5.74, 6) is 0.539. The third kappa shape index (κ3) is 1.14. The number of rotatable bonds is 1. The zero-order valence-electron chi connectivity index (χ0n) is 6.16. The van der Waals surface area contributed by atoms with Crippen LogP contribution in [0.25, 0.3) is 11.4 Å². The minimum absolute atomic E-state index is 0.297. The number of nitrogens with one attached hydrogen (secondary N) is 2. The molecule has 1 aromatic heterocycles. The molecular weight excluding hydrogens is 154 g/mol. The molecule has 2 N–H and O–H groups in total. The maximum Gasteiger partial charge on any atom is 0.340 e. The van der Waals surface area contributed by atoms with Crippen molar-refractivity contribution in [1.82, 2.24) is 15.2 Å². The first-order valence-electron chi connectivity index (χ1n) is 3.47. The van der Waals surface area contributed by atoms with Crippen molar-refractivity contribution in [1.29, 1.82) is 0 Å². The Balaban J connectivity index is 2.51. The van der Waals surface area contributed by atoms with Crippen molar-refractivity contribution in [3.05, 3.63) is 40.8 Å². The van der Waals surface area contributed by atoms with Crippen LogP contribution in [-0.2, 0) is 0 Å². The highest BCUT2D eigenvalue weighted by Crippen LogP contribution is 2.09. The molecule has 2 aromatic rings. The van der Waals surface area contributed by atoms with Gasteiger partial charge < -0.3 is 0 Å². The van der Waals surface area contributed by atoms with E-state index in [1.807, 2.05) is 12.1 Å². The second-order valence-electron chi connectivity index (χ2n) is 2.32. The summed E-state index contributed by atoms with van der Waals surface area (Å²) in [6.07, 6.45) is 0. The average Bonchev–Trinajstić information content (AvgIpc) is 2.54. The van der Waals surface area contributed by atoms with Gasteiger partial charge in [0.1, 0.15) is 0 Å². The van der Waals surface area contributed by atoms with E-state index in [9.17, 15) is 4.79 Å². The summed E-state index contributed by atoms with van der Waals surface area (Å²) in [4.78, 5) is 13.2. The molecule has 59 valence electrons. The van der Waals surface area contributed by atoms with Crippen LogP contribution in [-0.4, -0.2) is 15.2 Å². The standard InChI is InChI=1S/C8H6N3O/c12-8-9-7(10-11-8)6-4-2-1-3-5-6/h1-2,4-5H,(H2,9,10,11,12). The Kier molecular flexibility index (Phi) is 1.51. The Morgan fingerprint density at radius 3 is 3.00 bits per heavy atom. The first-order chi connectivity index (χ1) is 5.86. The minimum Gasteiger partial charge on any atom is -0.289 e. The smallest absolute Gasteiger partial charge is 0.289 e. The Hall–Kier alpha value is -1.84. The van der Waals surface area contributed by atoms with Crippen LogP contribution in [0, 0.1) is 6.07 Å². The normalized spacial score (nSPS) is 10.0. The largest absolute Gasteiger partial charge is 0.340 e. The van der Waals surface area contributed by atoms with Gasteiger partial charge in [0, 0.05) is 5.56 Å². The van der Waals surface area contributed by atoms with Gasteiger partial charge in [-0.15, -0.1) is 0 Å². The zero-order chi connectivity index (χ0) is 8.39. The molecule has 0 atom stereocenters. The third-order valence-corrected chi connectivity index (χ3v) is 1.48. The number of benzene rings is 1. The predicted octanol–water partition coefficient (Wildman–Crippen LogP) is 0.565. The number of nitrogens with zero attached hydrogens (tertiary/aromatic N) is 1. The van der Waals surface area contributed by atoms with Crippen LogP contribution < -0.4 is 5.69 Å². The van der Waals surface area contributed by atoms with Gasteiger partial charge in [0.05, 0.1) is 0 Å². The quantitative estimate of drug-likeness (QED) is 0.640. The second kappa shape index (κ2) is 2.65. The third-order valence-electron chi connectivity index (χ3n) is 1.48. The lowest BCUT2D eigenvalue weighted by atomic mass is 10.2. The molecule has 0 spiro atoms. The lowest BCUT2D eigenvalue weighted by Gasteiger charge is -1.90. The molecule has 0 aliphatic heterocycles. The molecular formula is C8H6N3O. The number of aromatic nitrogens is 3. The first kappa shape index (κ1) is 6.84. The summed E-state index contributed by atoms with van der Waals surface area (Å²) in [6, 6.07) is 10.1. The minimum atomic E-state index is -0.297. The van der Waals surface area contributed by atoms with Gasteiger partial charge in [-0.25, -0.2) is 9.89 Å². The van der Waals surface area contributed by atoms with E-state index in [-0.39, 0.29) is 5.69 Å². The van der Waals surface area contributed by atoms with E-state index in [0.717, 1.165) is 5.56 Å². The topological polar surface area (TPSA) is 61.5 Å². The van der Waals surface area contributed by atoms with Gasteiger partial charge in [0.15, 0.2) is 5.82 Å². The van der Waals surface area contributed by atoms with E-state index in [0.29, 0.717) is 5.82 Å². The average molecular weight is 160 g/mol. The maximum atomic E-state index is 10.7. The molecule has 0 bridgehead atoms. The Morgan fingerprint density at radius 2 is 2.42 bits per heavy atom. The highest BCUT2D eigenvalue weighted by atomic mass is 16.1. The molecule has 1 heterocycles. The lowest BCUT2D eigenvalue weighted by molar-refractivity contribution is 1.05. The molecule has 0 saturated heterocycles. The molecule has 2 rings (SSSR count). The van der Waals surface area contributed by atoms with E-state index >= 15 is 0 Å². The summed E-state index contributed by atoms with van der Waals surface area (Å²) in [7, 11) is 0. The van der Waals surface area contributed by atoms with Crippen LogP contribution in [0.2, 0.25) is 0 Å². The van der Waals surface area contributed by atoms with Gasteiger partial charge in [-0.05, 0) is 12.1 Å². The highest BCUT2D eigenvalue weighted by Gasteiger charge is 1.98. The van der Waals surface area contributed by atoms with Crippen molar-refractivity contribution in [2.45, 2.75) is 0 Å². The van der Waals surface area contributed by atoms with Crippen molar-refractivity contribution >= 4 is 0 Å². The van der Waals surface area contributed by atoms with Gasteiger partial charge in [0.25, 0.3) is 0 Å². The SMILES string of the molecule is O=c1[nH]nc(-c2c[c]ccc2)[nH]1. The molecule has 0 saturated carbocycles. The Morgan fingerprint density at radius 1 is 1.50 bits per heavy atom. The van der Waals surface area contributed by atoms with Crippen molar-refractivity contribution in [2.75, 3.05) is 0 Å². The lowest BCUT2D eigenvalue weighted by Crippen LogP contribution is -2.00. The fourth-order valence-electron chi connectivity index (χ4n) is 0.947. The van der Waals surface area contributed by atoms with Gasteiger partial charge in [-0.3, -0.25) is 4.98 Å². The number of H-pyrrole nitrogens is 2. The van der Waals surface area contributed by atoms with Crippen LogP contribution >= 0.6 is 0 Å². The van der Waals surface area contributed by atoms with Crippen LogP contribution in [0.15, 0.2) is 29.1 Å². The van der Waals surface area contributed by atoms with Crippen molar-refractivity contribution in [3.63, 3.8) is 0 Å². The molecule has 0 amide bonds. The fourth-order valence-corrected chi connectivity index (χ4v) is 0.947. The van der Waals surface area contributed by atoms with E-state index in [1.165, 1.54) is 0 Å². The van der Waals surface area contributed by atoms with Gasteiger partial charge in [-0.2, -0.15) is 5.10 Å². The van der Waals surface area contributed by atoms with Crippen LogP contribution in [0.3, 0.4) is 0 Å². The highest BCUT2D eigenvalue weighted by molar-refractivity contribution is 5.52. The summed E-state index contributed by atoms with van der Waals surface area (Å²) in [5, 5.41) is 6.07. The van der Waals surface area contributed by atoms with Gasteiger partial charge in [0.2, 0.25) is 0 Å². The molecule has 4 nitrogen and oxygen atoms in total. The second-order valence-corrected chi connectivity index (χ2v) is 2.32. The first-order valence-corrected chi connectivity index (χ1v) is 3.47. The molecule has 4 heteroatoms. The van der Waals surface area contributed by atoms with E-state index < -0.39 is 0 Å². The van der Waals surface area contributed by atoms with E-state index in [1.54, 1.807) is 12.1 Å². The van der Waals surface area contributed by atoms with Crippen molar-refractivity contribution in [2.24, 2.45) is 0 Å². The van der Waals surface area contributed by atoms with Crippen LogP contribution in [0.1, 0.15) is 0 Å². The molecule has 1 aromatic carbocycles. The molecule has 0 aliphatic carbocycles. The maximum absolute atomic E-state index is 10.7. The monoisotopic (exact) mass is 160 g/mol. The Bertz CT molecular complexity index is 415. The van der Waals surface area contributed by atoms with Crippen molar-refractivity contribution in [3.8, 4) is 11.4 Å². The number of hydrogen-bond donors (Lipinski definition) is 2. The summed E-state index contributed by atoms with van der Waals surface area (Å²) >= 11 is 0. The molecule has 0 fully saturated rings.